The quantitative estimate of drug-likeness (QED) is 0.682. The third-order valence-corrected chi connectivity index (χ3v) is 4.35. The number of rotatable bonds is 3. The second-order valence-electron chi connectivity index (χ2n) is 7.15. The molecule has 0 atom stereocenters. The fourth-order valence-corrected chi connectivity index (χ4v) is 3.17. The molecule has 0 unspecified atom stereocenters. The average Bonchev–Trinajstić information content (AvgIpc) is 2.91. The van der Waals surface area contributed by atoms with Crippen molar-refractivity contribution in [3.63, 3.8) is 0 Å². The number of carbonyl (C=O) groups is 1. The Morgan fingerprint density at radius 3 is 2.25 bits per heavy atom. The highest BCUT2D eigenvalue weighted by atomic mass is 16.2. The lowest BCUT2D eigenvalue weighted by Crippen LogP contribution is -2.43. The van der Waals surface area contributed by atoms with E-state index in [0.717, 1.165) is 11.2 Å². The number of aromatic nitrogens is 1. The molecular formula is C21H24N2O. The number of nitrogens with zero attached hydrogens (tertiary/aromatic N) is 2. The third-order valence-electron chi connectivity index (χ3n) is 4.35. The summed E-state index contributed by atoms with van der Waals surface area (Å²) >= 11 is 0. The molecule has 124 valence electrons. The van der Waals surface area contributed by atoms with Crippen molar-refractivity contribution in [2.75, 3.05) is 0 Å². The minimum Gasteiger partial charge on any atom is -0.334 e. The number of benzene rings is 2. The lowest BCUT2D eigenvalue weighted by Gasteiger charge is -2.34. The summed E-state index contributed by atoms with van der Waals surface area (Å²) in [5.41, 5.74) is 3.25. The van der Waals surface area contributed by atoms with Crippen LogP contribution in [0.4, 0.5) is 0 Å². The van der Waals surface area contributed by atoms with E-state index in [2.05, 4.69) is 67.9 Å². The molecule has 3 aromatic rings. The minimum absolute atomic E-state index is 0.0963. The highest BCUT2D eigenvalue weighted by molar-refractivity contribution is 5.86. The molecule has 1 aromatic heterocycles. The van der Waals surface area contributed by atoms with Crippen molar-refractivity contribution >= 4 is 16.8 Å². The molecule has 1 amide bonds. The van der Waals surface area contributed by atoms with Crippen LogP contribution in [0.5, 0.6) is 0 Å². The number of amides is 1. The van der Waals surface area contributed by atoms with Gasteiger partial charge in [0.1, 0.15) is 0 Å². The second kappa shape index (κ2) is 6.16. The molecular weight excluding hydrogens is 296 g/mol. The van der Waals surface area contributed by atoms with Crippen LogP contribution in [0.15, 0.2) is 60.8 Å². The first-order chi connectivity index (χ1) is 11.4. The fraction of sp³-hybridized carbons (Fsp3) is 0.286. The van der Waals surface area contributed by atoms with Gasteiger partial charge in [-0.15, -0.1) is 0 Å². The summed E-state index contributed by atoms with van der Waals surface area (Å²) in [5, 5.41) is 1.19. The van der Waals surface area contributed by atoms with Crippen molar-refractivity contribution in [2.24, 2.45) is 0 Å². The van der Waals surface area contributed by atoms with Crippen LogP contribution in [-0.2, 0) is 11.3 Å². The minimum atomic E-state index is -0.207. The van der Waals surface area contributed by atoms with Crippen LogP contribution in [0.25, 0.3) is 16.6 Å². The molecule has 0 bridgehead atoms. The summed E-state index contributed by atoms with van der Waals surface area (Å²) in [7, 11) is 0. The number of hydrogen-bond donors (Lipinski definition) is 0. The maximum absolute atomic E-state index is 12.1. The van der Waals surface area contributed by atoms with Gasteiger partial charge in [-0.1, -0.05) is 36.4 Å². The SMILES string of the molecule is CC(=O)N(Cc1cn(-c2ccccc2)c2ccccc12)C(C)(C)C. The first kappa shape index (κ1) is 16.3. The molecule has 0 N–H and O–H groups in total. The number of carbonyl (C=O) groups excluding carboxylic acids is 1. The maximum atomic E-state index is 12.1. The van der Waals surface area contributed by atoms with E-state index in [1.54, 1.807) is 6.92 Å². The van der Waals surface area contributed by atoms with Gasteiger partial charge in [0.2, 0.25) is 5.91 Å². The molecule has 0 fully saturated rings. The first-order valence-electron chi connectivity index (χ1n) is 8.30. The van der Waals surface area contributed by atoms with Gasteiger partial charge in [0.15, 0.2) is 0 Å². The van der Waals surface area contributed by atoms with Crippen LogP contribution < -0.4 is 0 Å². The Labute approximate surface area is 143 Å². The highest BCUT2D eigenvalue weighted by Gasteiger charge is 2.25. The fourth-order valence-electron chi connectivity index (χ4n) is 3.17. The van der Waals surface area contributed by atoms with Crippen LogP contribution >= 0.6 is 0 Å². The van der Waals surface area contributed by atoms with E-state index in [9.17, 15) is 4.79 Å². The topological polar surface area (TPSA) is 25.2 Å². The van der Waals surface area contributed by atoms with Crippen LogP contribution in [0.1, 0.15) is 33.3 Å². The summed E-state index contributed by atoms with van der Waals surface area (Å²) in [4.78, 5) is 14.0. The molecule has 0 aliphatic heterocycles. The van der Waals surface area contributed by atoms with Gasteiger partial charge < -0.3 is 9.47 Å². The normalized spacial score (nSPS) is 11.7. The van der Waals surface area contributed by atoms with Gasteiger partial charge in [-0.05, 0) is 44.5 Å². The summed E-state index contributed by atoms with van der Waals surface area (Å²) < 4.78 is 2.20. The molecule has 3 heteroatoms. The number of para-hydroxylation sites is 2. The van der Waals surface area contributed by atoms with E-state index in [0.29, 0.717) is 6.54 Å². The molecule has 3 rings (SSSR count). The van der Waals surface area contributed by atoms with Crippen molar-refractivity contribution in [3.8, 4) is 5.69 Å². The molecule has 1 heterocycles. The Kier molecular flexibility index (Phi) is 4.18. The van der Waals surface area contributed by atoms with Crippen molar-refractivity contribution < 1.29 is 4.79 Å². The summed E-state index contributed by atoms with van der Waals surface area (Å²) in [5.74, 6) is 0.0963. The van der Waals surface area contributed by atoms with Crippen molar-refractivity contribution in [2.45, 2.75) is 39.8 Å². The van der Waals surface area contributed by atoms with E-state index in [1.165, 1.54) is 10.9 Å². The van der Waals surface area contributed by atoms with E-state index < -0.39 is 0 Å². The van der Waals surface area contributed by atoms with Crippen molar-refractivity contribution in [1.29, 1.82) is 0 Å². The van der Waals surface area contributed by atoms with Gasteiger partial charge in [-0.25, -0.2) is 0 Å². The smallest absolute Gasteiger partial charge is 0.220 e. The van der Waals surface area contributed by atoms with Crippen LogP contribution in [0, 0.1) is 0 Å². The Morgan fingerprint density at radius 2 is 1.62 bits per heavy atom. The van der Waals surface area contributed by atoms with E-state index >= 15 is 0 Å². The molecule has 0 saturated heterocycles. The highest BCUT2D eigenvalue weighted by Crippen LogP contribution is 2.28. The lowest BCUT2D eigenvalue weighted by molar-refractivity contribution is -0.134. The van der Waals surface area contributed by atoms with Gasteiger partial charge in [0.05, 0.1) is 5.52 Å². The Hall–Kier alpha value is -2.55. The van der Waals surface area contributed by atoms with Crippen LogP contribution in [-0.4, -0.2) is 20.9 Å². The third kappa shape index (κ3) is 3.07. The Balaban J connectivity index is 2.11. The van der Waals surface area contributed by atoms with Crippen molar-refractivity contribution in [1.82, 2.24) is 9.47 Å². The zero-order chi connectivity index (χ0) is 17.3. The Bertz CT molecular complexity index is 856. The molecule has 0 saturated carbocycles. The maximum Gasteiger partial charge on any atom is 0.220 e. The van der Waals surface area contributed by atoms with Gasteiger partial charge in [-0.3, -0.25) is 4.79 Å². The molecule has 3 nitrogen and oxygen atoms in total. The van der Waals surface area contributed by atoms with E-state index in [-0.39, 0.29) is 11.4 Å². The van der Waals surface area contributed by atoms with Gasteiger partial charge in [0.25, 0.3) is 0 Å². The predicted molar refractivity (Wildman–Crippen MR) is 99.3 cm³/mol. The summed E-state index contributed by atoms with van der Waals surface area (Å²) in [6.07, 6.45) is 2.15. The Morgan fingerprint density at radius 1 is 1.00 bits per heavy atom. The zero-order valence-electron chi connectivity index (χ0n) is 14.8. The molecule has 0 aliphatic rings. The van der Waals surface area contributed by atoms with Crippen LogP contribution in [0.2, 0.25) is 0 Å². The van der Waals surface area contributed by atoms with Gasteiger partial charge >= 0.3 is 0 Å². The van der Waals surface area contributed by atoms with Gasteiger partial charge in [-0.2, -0.15) is 0 Å². The van der Waals surface area contributed by atoms with Crippen molar-refractivity contribution in [3.05, 3.63) is 66.4 Å². The first-order valence-corrected chi connectivity index (χ1v) is 8.30. The van der Waals surface area contributed by atoms with Gasteiger partial charge in [0, 0.05) is 36.3 Å². The average molecular weight is 320 g/mol. The molecule has 24 heavy (non-hydrogen) atoms. The van der Waals surface area contributed by atoms with E-state index in [1.807, 2.05) is 23.1 Å². The lowest BCUT2D eigenvalue weighted by atomic mass is 10.0. The zero-order valence-corrected chi connectivity index (χ0v) is 14.8. The number of hydrogen-bond acceptors (Lipinski definition) is 1. The second-order valence-corrected chi connectivity index (χ2v) is 7.15. The van der Waals surface area contributed by atoms with Crippen LogP contribution in [0.3, 0.4) is 0 Å². The molecule has 2 aromatic carbocycles. The number of fused-ring (bicyclic) bond motifs is 1. The largest absolute Gasteiger partial charge is 0.334 e. The molecule has 0 spiro atoms. The summed E-state index contributed by atoms with van der Waals surface area (Å²) in [6, 6.07) is 18.7. The monoisotopic (exact) mass is 320 g/mol. The summed E-state index contributed by atoms with van der Waals surface area (Å²) in [6.45, 7) is 8.47. The predicted octanol–water partition coefficient (Wildman–Crippen LogP) is 4.78. The molecule has 0 aliphatic carbocycles. The van der Waals surface area contributed by atoms with E-state index in [4.69, 9.17) is 0 Å². The standard InChI is InChI=1S/C21H24N2O/c1-16(24)23(21(2,3)4)15-17-14-22(18-10-6-5-7-11-18)20-13-9-8-12-19(17)20/h5-14H,15H2,1-4H3. The molecule has 0 radical (unpaired) electrons.